The van der Waals surface area contributed by atoms with Crippen LogP contribution in [0.3, 0.4) is 0 Å². The van der Waals surface area contributed by atoms with E-state index in [4.69, 9.17) is 5.11 Å². The molecule has 0 amide bonds. The van der Waals surface area contributed by atoms with Crippen molar-refractivity contribution in [2.75, 3.05) is 6.61 Å². The lowest BCUT2D eigenvalue weighted by Gasteiger charge is -2.17. The van der Waals surface area contributed by atoms with Crippen LogP contribution >= 0.6 is 15.9 Å². The van der Waals surface area contributed by atoms with Crippen LogP contribution in [-0.2, 0) is 6.54 Å². The molecule has 1 aliphatic rings. The summed E-state index contributed by atoms with van der Waals surface area (Å²) in [7, 11) is 0. The molecule has 1 unspecified atom stereocenters. The van der Waals surface area contributed by atoms with Gasteiger partial charge in [0.25, 0.3) is 0 Å². The van der Waals surface area contributed by atoms with E-state index in [2.05, 4.69) is 21.2 Å². The molecule has 17 heavy (non-hydrogen) atoms. The molecule has 3 nitrogen and oxygen atoms in total. The van der Waals surface area contributed by atoms with Crippen molar-refractivity contribution >= 4 is 15.9 Å². The Labute approximate surface area is 110 Å². The molecule has 1 aromatic rings. The molecule has 0 aliphatic heterocycles. The van der Waals surface area contributed by atoms with E-state index in [1.807, 2.05) is 12.1 Å². The van der Waals surface area contributed by atoms with E-state index >= 15 is 0 Å². The molecule has 1 atom stereocenters. The van der Waals surface area contributed by atoms with Crippen molar-refractivity contribution < 1.29 is 10.2 Å². The van der Waals surface area contributed by atoms with Crippen molar-refractivity contribution in [3.8, 4) is 5.75 Å². The SMILES string of the molecule is OCCC(NCc1cc(Br)ccc1O)C1CC1. The number of nitrogens with one attached hydrogen (secondary N) is 1. The third-order valence-corrected chi connectivity index (χ3v) is 3.72. The zero-order valence-electron chi connectivity index (χ0n) is 9.69. The summed E-state index contributed by atoms with van der Waals surface area (Å²) in [6.07, 6.45) is 3.30. The lowest BCUT2D eigenvalue weighted by Crippen LogP contribution is -2.31. The molecule has 0 spiro atoms. The number of hydrogen-bond acceptors (Lipinski definition) is 3. The fraction of sp³-hybridized carbons (Fsp3) is 0.538. The largest absolute Gasteiger partial charge is 0.508 e. The molecule has 0 bridgehead atoms. The van der Waals surface area contributed by atoms with E-state index < -0.39 is 0 Å². The first kappa shape index (κ1) is 12.9. The Morgan fingerprint density at radius 1 is 1.41 bits per heavy atom. The van der Waals surface area contributed by atoms with Gasteiger partial charge in [-0.3, -0.25) is 0 Å². The zero-order valence-corrected chi connectivity index (χ0v) is 11.3. The number of hydrogen-bond donors (Lipinski definition) is 3. The predicted octanol–water partition coefficient (Wildman–Crippen LogP) is 2.41. The van der Waals surface area contributed by atoms with Crippen molar-refractivity contribution in [2.45, 2.75) is 31.8 Å². The molecular weight excluding hydrogens is 282 g/mol. The molecule has 3 N–H and O–H groups in total. The third kappa shape index (κ3) is 3.69. The van der Waals surface area contributed by atoms with Crippen molar-refractivity contribution in [3.05, 3.63) is 28.2 Å². The Bertz CT molecular complexity index is 380. The molecule has 1 aliphatic carbocycles. The first-order valence-electron chi connectivity index (χ1n) is 6.02. The highest BCUT2D eigenvalue weighted by Crippen LogP contribution is 2.34. The fourth-order valence-corrected chi connectivity index (χ4v) is 2.49. The highest BCUT2D eigenvalue weighted by atomic mass is 79.9. The molecule has 2 rings (SSSR count). The minimum absolute atomic E-state index is 0.221. The molecule has 4 heteroatoms. The van der Waals surface area contributed by atoms with Gasteiger partial charge in [0.15, 0.2) is 0 Å². The van der Waals surface area contributed by atoms with Crippen molar-refractivity contribution in [3.63, 3.8) is 0 Å². The van der Waals surface area contributed by atoms with Crippen LogP contribution in [0.5, 0.6) is 5.75 Å². The number of phenolic OH excluding ortho intramolecular Hbond substituents is 1. The monoisotopic (exact) mass is 299 g/mol. The maximum atomic E-state index is 9.72. The number of aliphatic hydroxyl groups excluding tert-OH is 1. The molecular formula is C13H18BrNO2. The molecule has 0 radical (unpaired) electrons. The zero-order chi connectivity index (χ0) is 12.3. The number of aliphatic hydroxyl groups is 1. The average Bonchev–Trinajstić information content (AvgIpc) is 3.12. The summed E-state index contributed by atoms with van der Waals surface area (Å²) in [4.78, 5) is 0. The van der Waals surface area contributed by atoms with Crippen LogP contribution in [0.2, 0.25) is 0 Å². The van der Waals surface area contributed by atoms with Crippen LogP contribution in [0.4, 0.5) is 0 Å². The van der Waals surface area contributed by atoms with Gasteiger partial charge in [-0.25, -0.2) is 0 Å². The van der Waals surface area contributed by atoms with Crippen LogP contribution in [0.25, 0.3) is 0 Å². The van der Waals surface area contributed by atoms with E-state index in [1.54, 1.807) is 6.07 Å². The van der Waals surface area contributed by atoms with E-state index in [1.165, 1.54) is 12.8 Å². The average molecular weight is 300 g/mol. The molecule has 1 saturated carbocycles. The van der Waals surface area contributed by atoms with Crippen LogP contribution < -0.4 is 5.32 Å². The molecule has 1 fully saturated rings. The van der Waals surface area contributed by atoms with E-state index in [9.17, 15) is 5.11 Å². The van der Waals surface area contributed by atoms with Crippen molar-refractivity contribution in [1.82, 2.24) is 5.32 Å². The number of aromatic hydroxyl groups is 1. The minimum atomic E-state index is 0.221. The number of rotatable bonds is 6. The first-order valence-corrected chi connectivity index (χ1v) is 6.81. The van der Waals surface area contributed by atoms with Crippen LogP contribution in [0.1, 0.15) is 24.8 Å². The summed E-state index contributed by atoms with van der Waals surface area (Å²) >= 11 is 3.40. The summed E-state index contributed by atoms with van der Waals surface area (Å²) in [6, 6.07) is 5.81. The van der Waals surface area contributed by atoms with Crippen molar-refractivity contribution in [1.29, 1.82) is 0 Å². The predicted molar refractivity (Wildman–Crippen MR) is 70.9 cm³/mol. The Morgan fingerprint density at radius 2 is 2.18 bits per heavy atom. The minimum Gasteiger partial charge on any atom is -0.508 e. The summed E-state index contributed by atoms with van der Waals surface area (Å²) < 4.78 is 0.970. The van der Waals surface area contributed by atoms with Gasteiger partial charge >= 0.3 is 0 Å². The lowest BCUT2D eigenvalue weighted by molar-refractivity contribution is 0.255. The van der Waals surface area contributed by atoms with E-state index in [0.717, 1.165) is 16.5 Å². The molecule has 1 aromatic carbocycles. The Balaban J connectivity index is 1.93. The third-order valence-electron chi connectivity index (χ3n) is 3.23. The molecule has 0 saturated heterocycles. The van der Waals surface area contributed by atoms with Gasteiger partial charge < -0.3 is 15.5 Å². The summed E-state index contributed by atoms with van der Waals surface area (Å²) in [5, 5.41) is 22.2. The van der Waals surface area contributed by atoms with Crippen LogP contribution in [0, 0.1) is 5.92 Å². The normalized spacial score (nSPS) is 17.1. The first-order chi connectivity index (χ1) is 8.20. The topological polar surface area (TPSA) is 52.5 Å². The molecule has 0 aromatic heterocycles. The van der Waals surface area contributed by atoms with Gasteiger partial charge in [0.05, 0.1) is 0 Å². The van der Waals surface area contributed by atoms with Gasteiger partial charge in [-0.1, -0.05) is 15.9 Å². The second-order valence-electron chi connectivity index (χ2n) is 4.61. The molecule has 94 valence electrons. The van der Waals surface area contributed by atoms with Gasteiger partial charge in [0, 0.05) is 29.2 Å². The Kier molecular flexibility index (Phi) is 4.42. The smallest absolute Gasteiger partial charge is 0.120 e. The molecule has 0 heterocycles. The highest BCUT2D eigenvalue weighted by molar-refractivity contribution is 9.10. The maximum Gasteiger partial charge on any atom is 0.120 e. The van der Waals surface area contributed by atoms with Gasteiger partial charge in [-0.05, 0) is 43.4 Å². The number of benzene rings is 1. The number of halogens is 1. The van der Waals surface area contributed by atoms with Gasteiger partial charge in [0.1, 0.15) is 5.75 Å². The summed E-state index contributed by atoms with van der Waals surface area (Å²) in [6.45, 7) is 0.866. The standard InChI is InChI=1S/C13H18BrNO2/c14-11-3-4-13(17)10(7-11)8-15-12(5-6-16)9-1-2-9/h3-4,7,9,12,15-17H,1-2,5-6,8H2. The van der Waals surface area contributed by atoms with Gasteiger partial charge in [-0.2, -0.15) is 0 Å². The summed E-state index contributed by atoms with van der Waals surface area (Å²) in [5.41, 5.74) is 0.892. The maximum absolute atomic E-state index is 9.72. The highest BCUT2D eigenvalue weighted by Gasteiger charge is 2.30. The van der Waals surface area contributed by atoms with Gasteiger partial charge in [0.2, 0.25) is 0 Å². The van der Waals surface area contributed by atoms with E-state index in [-0.39, 0.29) is 6.61 Å². The fourth-order valence-electron chi connectivity index (χ4n) is 2.08. The number of phenols is 1. The van der Waals surface area contributed by atoms with Gasteiger partial charge in [-0.15, -0.1) is 0 Å². The van der Waals surface area contributed by atoms with E-state index in [0.29, 0.717) is 24.3 Å². The van der Waals surface area contributed by atoms with Crippen LogP contribution in [0.15, 0.2) is 22.7 Å². The summed E-state index contributed by atoms with van der Waals surface area (Å²) in [5.74, 6) is 1.02. The Morgan fingerprint density at radius 3 is 2.82 bits per heavy atom. The Hall–Kier alpha value is -0.580. The quantitative estimate of drug-likeness (QED) is 0.756. The second-order valence-corrected chi connectivity index (χ2v) is 5.53. The lowest BCUT2D eigenvalue weighted by atomic mass is 10.1. The van der Waals surface area contributed by atoms with Crippen molar-refractivity contribution in [2.24, 2.45) is 5.92 Å². The van der Waals surface area contributed by atoms with Crippen LogP contribution in [-0.4, -0.2) is 22.9 Å². The second kappa shape index (κ2) is 5.85.